The predicted molar refractivity (Wildman–Crippen MR) is 95.0 cm³/mol. The second-order valence-corrected chi connectivity index (χ2v) is 7.11. The number of hydrogen-bond acceptors (Lipinski definition) is 2. The van der Waals surface area contributed by atoms with E-state index in [4.69, 9.17) is 0 Å². The van der Waals surface area contributed by atoms with Crippen LogP contribution in [0.5, 0.6) is 0 Å². The molecule has 0 aliphatic carbocycles. The molecule has 2 aromatic carbocycles. The number of carbonyl (C=O) groups is 1. The number of fused-ring (bicyclic) bond motifs is 1. The third-order valence-electron chi connectivity index (χ3n) is 4.74. The van der Waals surface area contributed by atoms with E-state index < -0.39 is 0 Å². The normalized spacial score (nSPS) is 15.8. The summed E-state index contributed by atoms with van der Waals surface area (Å²) in [6.45, 7) is 10.4. The number of benzene rings is 2. The third-order valence-corrected chi connectivity index (χ3v) is 4.74. The minimum Gasteiger partial charge on any atom is -0.322 e. The molecule has 1 amide bonds. The molecule has 1 aliphatic rings. The number of anilines is 1. The lowest BCUT2D eigenvalue weighted by Gasteiger charge is -2.33. The van der Waals surface area contributed by atoms with Crippen molar-refractivity contribution in [3.05, 3.63) is 64.2 Å². The predicted octanol–water partition coefficient (Wildman–Crippen LogP) is 3.94. The van der Waals surface area contributed by atoms with Gasteiger partial charge >= 0.3 is 0 Å². The van der Waals surface area contributed by atoms with E-state index in [1.807, 2.05) is 31.2 Å². The van der Waals surface area contributed by atoms with Crippen molar-refractivity contribution in [3.8, 4) is 0 Å². The molecule has 2 aromatic rings. The van der Waals surface area contributed by atoms with Crippen LogP contribution >= 0.6 is 0 Å². The second-order valence-electron chi connectivity index (χ2n) is 7.11. The largest absolute Gasteiger partial charge is 0.322 e. The molecule has 0 unspecified atom stereocenters. The van der Waals surface area contributed by atoms with Gasteiger partial charge in [-0.25, -0.2) is 0 Å². The lowest BCUT2D eigenvalue weighted by atomic mass is 9.79. The molecule has 0 bridgehead atoms. The molecule has 1 heterocycles. The molecule has 3 heteroatoms. The molecule has 120 valence electrons. The first-order valence-electron chi connectivity index (χ1n) is 8.09. The number of amides is 1. The molecular formula is C20H24N2O. The van der Waals surface area contributed by atoms with E-state index >= 15 is 0 Å². The Labute approximate surface area is 138 Å². The summed E-state index contributed by atoms with van der Waals surface area (Å²) in [5.41, 5.74) is 6.64. The molecular weight excluding hydrogens is 284 g/mol. The van der Waals surface area contributed by atoms with Crippen molar-refractivity contribution >= 4 is 11.6 Å². The van der Waals surface area contributed by atoms with Crippen molar-refractivity contribution in [2.45, 2.75) is 39.7 Å². The van der Waals surface area contributed by atoms with Crippen LogP contribution in [0.3, 0.4) is 0 Å². The van der Waals surface area contributed by atoms with E-state index in [-0.39, 0.29) is 11.3 Å². The summed E-state index contributed by atoms with van der Waals surface area (Å²) >= 11 is 0. The zero-order chi connectivity index (χ0) is 16.6. The lowest BCUT2D eigenvalue weighted by Crippen LogP contribution is -2.38. The van der Waals surface area contributed by atoms with Gasteiger partial charge in [-0.15, -0.1) is 0 Å². The van der Waals surface area contributed by atoms with Gasteiger partial charge in [-0.05, 0) is 60.4 Å². The summed E-state index contributed by atoms with van der Waals surface area (Å²) in [5, 5.41) is 6.46. The zero-order valence-electron chi connectivity index (χ0n) is 14.3. The summed E-state index contributed by atoms with van der Waals surface area (Å²) in [7, 11) is 0. The number of hydrogen-bond donors (Lipinski definition) is 2. The second kappa shape index (κ2) is 5.82. The Balaban J connectivity index is 1.83. The van der Waals surface area contributed by atoms with Gasteiger partial charge in [0.25, 0.3) is 5.91 Å². The van der Waals surface area contributed by atoms with Gasteiger partial charge in [0.05, 0.1) is 0 Å². The van der Waals surface area contributed by atoms with Crippen LogP contribution in [0.4, 0.5) is 5.69 Å². The van der Waals surface area contributed by atoms with Crippen LogP contribution in [-0.2, 0) is 12.0 Å². The van der Waals surface area contributed by atoms with Crippen molar-refractivity contribution in [1.82, 2.24) is 5.32 Å². The van der Waals surface area contributed by atoms with E-state index in [0.29, 0.717) is 5.56 Å². The molecule has 0 saturated carbocycles. The first-order chi connectivity index (χ1) is 10.9. The Morgan fingerprint density at radius 2 is 1.87 bits per heavy atom. The van der Waals surface area contributed by atoms with Gasteiger partial charge in [0.15, 0.2) is 0 Å². The molecule has 0 radical (unpaired) electrons. The van der Waals surface area contributed by atoms with Crippen molar-refractivity contribution in [2.75, 3.05) is 11.9 Å². The summed E-state index contributed by atoms with van der Waals surface area (Å²) in [6.07, 6.45) is 0. The monoisotopic (exact) mass is 308 g/mol. The Morgan fingerprint density at radius 3 is 2.61 bits per heavy atom. The van der Waals surface area contributed by atoms with Crippen molar-refractivity contribution in [2.24, 2.45) is 0 Å². The Kier molecular flexibility index (Phi) is 3.99. The Hall–Kier alpha value is -2.13. The van der Waals surface area contributed by atoms with Gasteiger partial charge in [0.2, 0.25) is 0 Å². The summed E-state index contributed by atoms with van der Waals surface area (Å²) in [6, 6.07) is 12.0. The van der Waals surface area contributed by atoms with E-state index in [1.165, 1.54) is 16.7 Å². The Bertz CT molecular complexity index is 762. The number of aryl methyl sites for hydroxylation is 2. The fraction of sp³-hybridized carbons (Fsp3) is 0.350. The average molecular weight is 308 g/mol. The van der Waals surface area contributed by atoms with E-state index in [2.05, 4.69) is 43.5 Å². The fourth-order valence-corrected chi connectivity index (χ4v) is 3.17. The van der Waals surface area contributed by atoms with E-state index in [0.717, 1.165) is 24.3 Å². The van der Waals surface area contributed by atoms with Crippen LogP contribution in [0.1, 0.15) is 46.5 Å². The van der Waals surface area contributed by atoms with Gasteiger partial charge in [-0.2, -0.15) is 0 Å². The lowest BCUT2D eigenvalue weighted by molar-refractivity contribution is 0.102. The number of rotatable bonds is 2. The molecule has 0 spiro atoms. The minimum atomic E-state index is -0.0592. The third kappa shape index (κ3) is 3.15. The van der Waals surface area contributed by atoms with Gasteiger partial charge < -0.3 is 10.6 Å². The molecule has 0 fully saturated rings. The van der Waals surface area contributed by atoms with E-state index in [1.54, 1.807) is 0 Å². The summed E-state index contributed by atoms with van der Waals surface area (Å²) in [4.78, 5) is 12.4. The highest BCUT2D eigenvalue weighted by Crippen LogP contribution is 2.31. The van der Waals surface area contributed by atoms with Crippen molar-refractivity contribution in [3.63, 3.8) is 0 Å². The van der Waals surface area contributed by atoms with Crippen LogP contribution < -0.4 is 10.6 Å². The van der Waals surface area contributed by atoms with Gasteiger partial charge in [-0.1, -0.05) is 26.0 Å². The van der Waals surface area contributed by atoms with Crippen LogP contribution in [0, 0.1) is 13.8 Å². The van der Waals surface area contributed by atoms with Gasteiger partial charge in [-0.3, -0.25) is 4.79 Å². The van der Waals surface area contributed by atoms with E-state index in [9.17, 15) is 4.79 Å². The average Bonchev–Trinajstić information content (AvgIpc) is 2.49. The van der Waals surface area contributed by atoms with Crippen LogP contribution in [-0.4, -0.2) is 12.5 Å². The topological polar surface area (TPSA) is 41.1 Å². The molecule has 3 nitrogen and oxygen atoms in total. The quantitative estimate of drug-likeness (QED) is 0.882. The Morgan fingerprint density at radius 1 is 1.09 bits per heavy atom. The molecule has 0 atom stereocenters. The van der Waals surface area contributed by atoms with Crippen molar-refractivity contribution < 1.29 is 4.79 Å². The van der Waals surface area contributed by atoms with Crippen LogP contribution in [0.2, 0.25) is 0 Å². The zero-order valence-corrected chi connectivity index (χ0v) is 14.3. The molecule has 3 rings (SSSR count). The standard InChI is InChI=1S/C20H24N2O/c1-13-5-6-15(9-14(13)2)19(23)22-17-7-8-18-16(10-17)11-21-12-20(18,3)4/h5-10,21H,11-12H2,1-4H3,(H,22,23). The highest BCUT2D eigenvalue weighted by Gasteiger charge is 2.27. The number of carbonyl (C=O) groups excluding carboxylic acids is 1. The first kappa shape index (κ1) is 15.8. The maximum Gasteiger partial charge on any atom is 0.255 e. The molecule has 1 aliphatic heterocycles. The molecule has 2 N–H and O–H groups in total. The van der Waals surface area contributed by atoms with Crippen molar-refractivity contribution in [1.29, 1.82) is 0 Å². The maximum absolute atomic E-state index is 12.4. The first-order valence-corrected chi connectivity index (χ1v) is 8.09. The summed E-state index contributed by atoms with van der Waals surface area (Å²) in [5.74, 6) is -0.0592. The van der Waals surface area contributed by atoms with Crippen LogP contribution in [0.25, 0.3) is 0 Å². The minimum absolute atomic E-state index is 0.0592. The van der Waals surface area contributed by atoms with Gasteiger partial charge in [0.1, 0.15) is 0 Å². The SMILES string of the molecule is Cc1ccc(C(=O)Nc2ccc3c(c2)CNCC3(C)C)cc1C. The molecule has 0 saturated heterocycles. The maximum atomic E-state index is 12.4. The highest BCUT2D eigenvalue weighted by molar-refractivity contribution is 6.04. The van der Waals surface area contributed by atoms with Gasteiger partial charge in [0, 0.05) is 29.8 Å². The smallest absolute Gasteiger partial charge is 0.255 e. The summed E-state index contributed by atoms with van der Waals surface area (Å²) < 4.78 is 0. The fourth-order valence-electron chi connectivity index (χ4n) is 3.17. The van der Waals surface area contributed by atoms with Crippen LogP contribution in [0.15, 0.2) is 36.4 Å². The highest BCUT2D eigenvalue weighted by atomic mass is 16.1. The molecule has 23 heavy (non-hydrogen) atoms. The molecule has 0 aromatic heterocycles. The number of nitrogens with one attached hydrogen (secondary N) is 2.